The summed E-state index contributed by atoms with van der Waals surface area (Å²) in [4.78, 5) is 0. The van der Waals surface area contributed by atoms with Gasteiger partial charge in [0.2, 0.25) is 0 Å². The SMILES string of the molecule is [Br][Fe]([Br])([PH](c1ccccc1)(c1ccccc1)c1ccccc1)[PH](c1ccccc1)(c1ccccc1)c1ccccc1. The summed E-state index contributed by atoms with van der Waals surface area (Å²) in [7, 11) is -2.58. The first kappa shape index (κ1) is 28.8. The van der Waals surface area contributed by atoms with Crippen LogP contribution < -0.4 is 31.8 Å². The molecule has 41 heavy (non-hydrogen) atoms. The van der Waals surface area contributed by atoms with Gasteiger partial charge in [-0.1, -0.05) is 0 Å². The van der Waals surface area contributed by atoms with Gasteiger partial charge in [0, 0.05) is 0 Å². The molecule has 0 aliphatic rings. The third kappa shape index (κ3) is 4.82. The number of hydrogen-bond acceptors (Lipinski definition) is 0. The van der Waals surface area contributed by atoms with E-state index in [0.29, 0.717) is 0 Å². The molecular weight excluding hydrogens is 710 g/mol. The average Bonchev–Trinajstić information content (AvgIpc) is 3.05. The van der Waals surface area contributed by atoms with Crippen LogP contribution in [0.25, 0.3) is 0 Å². The molecule has 0 atom stereocenters. The Morgan fingerprint density at radius 2 is 0.415 bits per heavy atom. The van der Waals surface area contributed by atoms with Crippen molar-refractivity contribution < 1.29 is 8.34 Å². The zero-order valence-electron chi connectivity index (χ0n) is 22.4. The molecule has 6 aromatic rings. The van der Waals surface area contributed by atoms with E-state index in [1.807, 2.05) is 0 Å². The van der Waals surface area contributed by atoms with Crippen molar-refractivity contribution in [1.29, 1.82) is 0 Å². The van der Waals surface area contributed by atoms with Crippen LogP contribution in [0.15, 0.2) is 182 Å². The maximum absolute atomic E-state index is 4.81. The summed E-state index contributed by atoms with van der Waals surface area (Å²) in [6, 6.07) is 67.8. The van der Waals surface area contributed by atoms with Crippen LogP contribution in [0.1, 0.15) is 0 Å². The quantitative estimate of drug-likeness (QED) is 0.110. The number of benzene rings is 6. The summed E-state index contributed by atoms with van der Waals surface area (Å²) < 4.78 is 0. The molecule has 0 amide bonds. The van der Waals surface area contributed by atoms with Crippen molar-refractivity contribution in [3.63, 3.8) is 0 Å². The summed E-state index contributed by atoms with van der Waals surface area (Å²) in [5, 5.41) is 8.45. The van der Waals surface area contributed by atoms with Gasteiger partial charge in [0.15, 0.2) is 0 Å². The Hall–Kier alpha value is -2.34. The Bertz CT molecular complexity index is 1360. The van der Waals surface area contributed by atoms with Crippen molar-refractivity contribution in [3.8, 4) is 0 Å². The van der Waals surface area contributed by atoms with E-state index in [1.165, 1.54) is 31.8 Å². The molecule has 208 valence electrons. The van der Waals surface area contributed by atoms with Gasteiger partial charge in [-0.05, 0) is 0 Å². The van der Waals surface area contributed by atoms with Crippen molar-refractivity contribution in [2.24, 2.45) is 0 Å². The van der Waals surface area contributed by atoms with Gasteiger partial charge in [0.25, 0.3) is 0 Å². The Kier molecular flexibility index (Phi) is 8.76. The van der Waals surface area contributed by atoms with Crippen molar-refractivity contribution in [1.82, 2.24) is 0 Å². The maximum atomic E-state index is 4.81. The van der Waals surface area contributed by atoms with Gasteiger partial charge in [0.05, 0.1) is 0 Å². The van der Waals surface area contributed by atoms with E-state index in [-0.39, 0.29) is 0 Å². The number of hydrogen-bond donors (Lipinski definition) is 0. The first-order valence-corrected chi connectivity index (χ1v) is 26.1. The Balaban J connectivity index is 1.86. The third-order valence-electron chi connectivity index (χ3n) is 7.65. The summed E-state index contributed by atoms with van der Waals surface area (Å²) in [5.41, 5.74) is 0. The van der Waals surface area contributed by atoms with Crippen LogP contribution >= 0.6 is 40.1 Å². The zero-order valence-corrected chi connectivity index (χ0v) is 28.7. The summed E-state index contributed by atoms with van der Waals surface area (Å²) >= 11 is 9.63. The van der Waals surface area contributed by atoms with Crippen molar-refractivity contribution in [2.45, 2.75) is 0 Å². The van der Waals surface area contributed by atoms with Crippen LogP contribution in [0.5, 0.6) is 0 Å². The van der Waals surface area contributed by atoms with E-state index >= 15 is 0 Å². The van der Waals surface area contributed by atoms with Crippen molar-refractivity contribution in [2.75, 3.05) is 0 Å². The molecule has 0 aromatic heterocycles. The minimum atomic E-state index is -2.82. The molecule has 0 N–H and O–H groups in total. The molecule has 5 heteroatoms. The van der Waals surface area contributed by atoms with Gasteiger partial charge >= 0.3 is 262 Å². The molecular formula is C36H32Br2FeP2. The molecule has 0 unspecified atom stereocenters. The second-order valence-corrected chi connectivity index (χ2v) is 46.6. The van der Waals surface area contributed by atoms with E-state index in [1.54, 1.807) is 0 Å². The van der Waals surface area contributed by atoms with E-state index < -0.39 is 20.2 Å². The Morgan fingerprint density at radius 3 is 0.561 bits per heavy atom. The van der Waals surface area contributed by atoms with Gasteiger partial charge in [0.1, 0.15) is 0 Å². The minimum absolute atomic E-state index is 1.41. The molecule has 0 bridgehead atoms. The van der Waals surface area contributed by atoms with Gasteiger partial charge < -0.3 is 0 Å². The first-order chi connectivity index (χ1) is 20.1. The molecule has 0 spiro atoms. The molecule has 0 heterocycles. The van der Waals surface area contributed by atoms with E-state index in [9.17, 15) is 0 Å². The fourth-order valence-electron chi connectivity index (χ4n) is 5.95. The summed E-state index contributed by atoms with van der Waals surface area (Å²) in [6.45, 7) is 0. The van der Waals surface area contributed by atoms with Crippen LogP contribution in [0.3, 0.4) is 0 Å². The second kappa shape index (κ2) is 12.5. The van der Waals surface area contributed by atoms with Crippen LogP contribution in [0.2, 0.25) is 0 Å². The van der Waals surface area contributed by atoms with Gasteiger partial charge in [-0.2, -0.15) is 0 Å². The fraction of sp³-hybridized carbons (Fsp3) is 0. The first-order valence-electron chi connectivity index (χ1n) is 13.6. The average molecular weight is 742 g/mol. The van der Waals surface area contributed by atoms with E-state index in [2.05, 4.69) is 182 Å². The molecule has 6 aromatic carbocycles. The van der Waals surface area contributed by atoms with Crippen LogP contribution in [-0.2, 0) is 8.34 Å². The second-order valence-electron chi connectivity index (χ2n) is 9.88. The number of halogens is 2. The number of rotatable bonds is 8. The molecule has 0 saturated heterocycles. The van der Waals surface area contributed by atoms with E-state index in [0.717, 1.165) is 0 Å². The molecule has 0 radical (unpaired) electrons. The van der Waals surface area contributed by atoms with Gasteiger partial charge in [-0.3, -0.25) is 0 Å². The summed E-state index contributed by atoms with van der Waals surface area (Å²) in [6.07, 6.45) is 0. The van der Waals surface area contributed by atoms with Crippen LogP contribution in [0, 0.1) is 0 Å². The molecule has 0 aliphatic heterocycles. The van der Waals surface area contributed by atoms with Crippen molar-refractivity contribution in [3.05, 3.63) is 182 Å². The summed E-state index contributed by atoms with van der Waals surface area (Å²) in [5.74, 6) is -5.63. The normalized spacial score (nSPS) is 13.3. The Labute approximate surface area is 260 Å². The third-order valence-corrected chi connectivity index (χ3v) is 55.0. The standard InChI is InChI=1S/2C18H15P.2BrH.Fe/c2*1-4-10-16(11-5-1)19(17-12-6-2-7-13-17)18-14-8-3-9-15-18;;;/h2*1-15H;2*1H;. The molecule has 0 aliphatic carbocycles. The zero-order chi connectivity index (χ0) is 28.2. The topological polar surface area (TPSA) is 0 Å². The predicted molar refractivity (Wildman–Crippen MR) is 191 cm³/mol. The molecule has 0 fully saturated rings. The van der Waals surface area contributed by atoms with E-state index in [4.69, 9.17) is 28.2 Å². The van der Waals surface area contributed by atoms with Gasteiger partial charge in [-0.15, -0.1) is 0 Å². The monoisotopic (exact) mass is 740 g/mol. The molecule has 0 saturated carbocycles. The van der Waals surface area contributed by atoms with Crippen LogP contribution in [0.4, 0.5) is 0 Å². The Morgan fingerprint density at radius 1 is 0.268 bits per heavy atom. The fourth-order valence-corrected chi connectivity index (χ4v) is 62.7. The van der Waals surface area contributed by atoms with Crippen LogP contribution in [-0.4, -0.2) is 0 Å². The molecule has 0 nitrogen and oxygen atoms in total. The van der Waals surface area contributed by atoms with Gasteiger partial charge in [-0.25, -0.2) is 0 Å². The predicted octanol–water partition coefficient (Wildman–Crippen LogP) is 8.04. The molecule has 6 rings (SSSR count). The van der Waals surface area contributed by atoms with Crippen molar-refractivity contribution >= 4 is 72.0 Å².